The Kier molecular flexibility index (Phi) is 5.72. The van der Waals surface area contributed by atoms with Crippen LogP contribution in [0, 0.1) is 0 Å². The van der Waals surface area contributed by atoms with Gasteiger partial charge in [-0.2, -0.15) is 0 Å². The average molecular weight is 359 g/mol. The highest BCUT2D eigenvalue weighted by Gasteiger charge is 2.19. The van der Waals surface area contributed by atoms with Gasteiger partial charge in [-0.05, 0) is 6.07 Å². The van der Waals surface area contributed by atoms with Gasteiger partial charge in [0, 0.05) is 51.2 Å². The van der Waals surface area contributed by atoms with Crippen LogP contribution in [0.4, 0.5) is 0 Å². The SMILES string of the molecule is COc1ccc(CN2CCc3nnc(CNC(C)=O)n3CC2)c(OC)c1. The number of fused-ring (bicyclic) bond motifs is 1. The molecule has 1 aromatic heterocycles. The summed E-state index contributed by atoms with van der Waals surface area (Å²) in [4.78, 5) is 13.5. The van der Waals surface area contributed by atoms with Gasteiger partial charge in [-0.25, -0.2) is 0 Å². The van der Waals surface area contributed by atoms with Crippen molar-refractivity contribution in [3.63, 3.8) is 0 Å². The number of benzene rings is 1. The summed E-state index contributed by atoms with van der Waals surface area (Å²) in [7, 11) is 3.33. The van der Waals surface area contributed by atoms with E-state index in [1.807, 2.05) is 18.2 Å². The zero-order chi connectivity index (χ0) is 18.5. The molecule has 8 heteroatoms. The van der Waals surface area contributed by atoms with E-state index >= 15 is 0 Å². The Bertz CT molecular complexity index is 774. The van der Waals surface area contributed by atoms with Crippen molar-refractivity contribution in [1.29, 1.82) is 0 Å². The van der Waals surface area contributed by atoms with Gasteiger partial charge in [-0.3, -0.25) is 9.69 Å². The fourth-order valence-electron chi connectivity index (χ4n) is 3.14. The number of carbonyl (C=O) groups excluding carboxylic acids is 1. The minimum absolute atomic E-state index is 0.0656. The van der Waals surface area contributed by atoms with Crippen LogP contribution in [-0.2, 0) is 30.8 Å². The molecule has 8 nitrogen and oxygen atoms in total. The van der Waals surface area contributed by atoms with Crippen molar-refractivity contribution in [2.45, 2.75) is 33.0 Å². The predicted molar refractivity (Wildman–Crippen MR) is 96.1 cm³/mol. The second kappa shape index (κ2) is 8.18. The molecule has 1 amide bonds. The predicted octanol–water partition coefficient (Wildman–Crippen LogP) is 0.990. The lowest BCUT2D eigenvalue weighted by atomic mass is 10.1. The number of aromatic nitrogens is 3. The Morgan fingerprint density at radius 3 is 2.77 bits per heavy atom. The van der Waals surface area contributed by atoms with Gasteiger partial charge in [0.15, 0.2) is 5.82 Å². The lowest BCUT2D eigenvalue weighted by Gasteiger charge is -2.21. The molecule has 0 unspecified atom stereocenters. The van der Waals surface area contributed by atoms with Crippen molar-refractivity contribution in [1.82, 2.24) is 25.0 Å². The van der Waals surface area contributed by atoms with Gasteiger partial charge in [0.1, 0.15) is 17.3 Å². The third kappa shape index (κ3) is 4.13. The van der Waals surface area contributed by atoms with Gasteiger partial charge in [-0.15, -0.1) is 10.2 Å². The summed E-state index contributed by atoms with van der Waals surface area (Å²) in [5.41, 5.74) is 1.13. The number of amides is 1. The number of hydrogen-bond acceptors (Lipinski definition) is 6. The van der Waals surface area contributed by atoms with E-state index in [1.54, 1.807) is 14.2 Å². The van der Waals surface area contributed by atoms with E-state index in [-0.39, 0.29) is 5.91 Å². The highest BCUT2D eigenvalue weighted by molar-refractivity contribution is 5.72. The van der Waals surface area contributed by atoms with Crippen molar-refractivity contribution in [2.24, 2.45) is 0 Å². The monoisotopic (exact) mass is 359 g/mol. The number of ether oxygens (including phenoxy) is 2. The van der Waals surface area contributed by atoms with Gasteiger partial charge in [0.05, 0.1) is 20.8 Å². The van der Waals surface area contributed by atoms with Gasteiger partial charge < -0.3 is 19.4 Å². The van der Waals surface area contributed by atoms with Gasteiger partial charge in [0.25, 0.3) is 0 Å². The van der Waals surface area contributed by atoms with E-state index in [4.69, 9.17) is 9.47 Å². The Morgan fingerprint density at radius 2 is 2.04 bits per heavy atom. The fraction of sp³-hybridized carbons (Fsp3) is 0.500. The second-order valence-corrected chi connectivity index (χ2v) is 6.30. The molecule has 26 heavy (non-hydrogen) atoms. The van der Waals surface area contributed by atoms with E-state index in [0.29, 0.717) is 6.54 Å². The van der Waals surface area contributed by atoms with Crippen LogP contribution in [0.15, 0.2) is 18.2 Å². The highest BCUT2D eigenvalue weighted by Crippen LogP contribution is 2.26. The molecule has 0 saturated carbocycles. The van der Waals surface area contributed by atoms with Crippen LogP contribution < -0.4 is 14.8 Å². The topological polar surface area (TPSA) is 81.5 Å². The molecule has 0 bridgehead atoms. The summed E-state index contributed by atoms with van der Waals surface area (Å²) in [5, 5.41) is 11.3. The van der Waals surface area contributed by atoms with Crippen LogP contribution >= 0.6 is 0 Å². The third-order valence-electron chi connectivity index (χ3n) is 4.58. The first-order valence-corrected chi connectivity index (χ1v) is 8.69. The fourth-order valence-corrected chi connectivity index (χ4v) is 3.14. The highest BCUT2D eigenvalue weighted by atomic mass is 16.5. The van der Waals surface area contributed by atoms with Crippen molar-refractivity contribution in [3.8, 4) is 11.5 Å². The van der Waals surface area contributed by atoms with E-state index in [9.17, 15) is 4.79 Å². The summed E-state index contributed by atoms with van der Waals surface area (Å²) in [5.74, 6) is 3.33. The summed E-state index contributed by atoms with van der Waals surface area (Å²) in [6.07, 6.45) is 0.825. The average Bonchev–Trinajstić information content (AvgIpc) is 2.93. The maximum absolute atomic E-state index is 11.1. The largest absolute Gasteiger partial charge is 0.497 e. The van der Waals surface area contributed by atoms with Crippen molar-refractivity contribution < 1.29 is 14.3 Å². The molecule has 1 aliphatic heterocycles. The van der Waals surface area contributed by atoms with E-state index in [1.165, 1.54) is 6.92 Å². The number of nitrogens with zero attached hydrogens (tertiary/aromatic N) is 4. The number of nitrogens with one attached hydrogen (secondary N) is 1. The molecule has 140 valence electrons. The van der Waals surface area contributed by atoms with Gasteiger partial charge >= 0.3 is 0 Å². The zero-order valence-electron chi connectivity index (χ0n) is 15.5. The van der Waals surface area contributed by atoms with Crippen LogP contribution in [0.2, 0.25) is 0 Å². The van der Waals surface area contributed by atoms with Crippen molar-refractivity contribution >= 4 is 5.91 Å². The third-order valence-corrected chi connectivity index (χ3v) is 4.58. The van der Waals surface area contributed by atoms with E-state index in [0.717, 1.165) is 61.3 Å². The molecule has 0 radical (unpaired) electrons. The smallest absolute Gasteiger partial charge is 0.217 e. The lowest BCUT2D eigenvalue weighted by Crippen LogP contribution is -2.27. The molecule has 2 heterocycles. The standard InChI is InChI=1S/C18H25N5O3/c1-13(24)19-11-18-21-20-17-6-7-22(8-9-23(17)18)12-14-4-5-15(25-2)10-16(14)26-3/h4-5,10H,6-9,11-12H2,1-3H3,(H,19,24). The quantitative estimate of drug-likeness (QED) is 0.828. The normalized spacial score (nSPS) is 14.4. The molecule has 3 rings (SSSR count). The number of rotatable bonds is 6. The molecule has 0 fully saturated rings. The van der Waals surface area contributed by atoms with Crippen LogP contribution in [0.25, 0.3) is 0 Å². The van der Waals surface area contributed by atoms with Crippen molar-refractivity contribution in [3.05, 3.63) is 35.4 Å². The van der Waals surface area contributed by atoms with E-state index < -0.39 is 0 Å². The maximum atomic E-state index is 11.1. The molecule has 1 aromatic carbocycles. The van der Waals surface area contributed by atoms with Crippen LogP contribution in [-0.4, -0.2) is 52.9 Å². The number of methoxy groups -OCH3 is 2. The molecule has 2 aromatic rings. The Morgan fingerprint density at radius 1 is 1.19 bits per heavy atom. The molecule has 0 spiro atoms. The van der Waals surface area contributed by atoms with Crippen LogP contribution in [0.5, 0.6) is 11.5 Å². The first kappa shape index (κ1) is 18.2. The summed E-state index contributed by atoms with van der Waals surface area (Å²) in [6, 6.07) is 5.91. The molecule has 1 aliphatic rings. The Balaban J connectivity index is 1.67. The summed E-state index contributed by atoms with van der Waals surface area (Å²) >= 11 is 0. The first-order valence-electron chi connectivity index (χ1n) is 8.69. The minimum atomic E-state index is -0.0656. The van der Waals surface area contributed by atoms with E-state index in [2.05, 4.69) is 25.0 Å². The van der Waals surface area contributed by atoms with Crippen molar-refractivity contribution in [2.75, 3.05) is 27.3 Å². The molecule has 1 N–H and O–H groups in total. The summed E-state index contributed by atoms with van der Waals surface area (Å²) in [6.45, 7) is 5.29. The molecule has 0 atom stereocenters. The first-order chi connectivity index (χ1) is 12.6. The van der Waals surface area contributed by atoms with Gasteiger partial charge in [0.2, 0.25) is 5.91 Å². The maximum Gasteiger partial charge on any atom is 0.217 e. The summed E-state index contributed by atoms with van der Waals surface area (Å²) < 4.78 is 12.9. The Hall–Kier alpha value is -2.61. The molecule has 0 aliphatic carbocycles. The zero-order valence-corrected chi connectivity index (χ0v) is 15.5. The molecule has 0 saturated heterocycles. The van der Waals surface area contributed by atoms with Gasteiger partial charge in [-0.1, -0.05) is 6.07 Å². The number of carbonyl (C=O) groups is 1. The number of hydrogen-bond donors (Lipinski definition) is 1. The Labute approximate surface area is 153 Å². The molecular weight excluding hydrogens is 334 g/mol. The second-order valence-electron chi connectivity index (χ2n) is 6.30. The lowest BCUT2D eigenvalue weighted by molar-refractivity contribution is -0.119. The molecular formula is C18H25N5O3. The minimum Gasteiger partial charge on any atom is -0.497 e. The van der Waals surface area contributed by atoms with Crippen LogP contribution in [0.3, 0.4) is 0 Å². The van der Waals surface area contributed by atoms with Crippen LogP contribution in [0.1, 0.15) is 24.1 Å².